The maximum absolute atomic E-state index is 13.2. The van der Waals surface area contributed by atoms with Gasteiger partial charge < -0.3 is 19.0 Å². The summed E-state index contributed by atoms with van der Waals surface area (Å²) in [5.41, 5.74) is 2.59. The van der Waals surface area contributed by atoms with Crippen LogP contribution >= 0.6 is 11.8 Å². The maximum atomic E-state index is 13.2. The summed E-state index contributed by atoms with van der Waals surface area (Å²) in [5, 5.41) is 19.0. The van der Waals surface area contributed by atoms with Crippen LogP contribution in [0.25, 0.3) is 6.08 Å². The highest BCUT2D eigenvalue weighted by Gasteiger charge is 2.34. The van der Waals surface area contributed by atoms with Crippen LogP contribution in [0.2, 0.25) is 0 Å². The predicted octanol–water partition coefficient (Wildman–Crippen LogP) is 5.46. The third kappa shape index (κ3) is 5.87. The van der Waals surface area contributed by atoms with Gasteiger partial charge in [-0.05, 0) is 60.2 Å². The van der Waals surface area contributed by atoms with Gasteiger partial charge in [-0.25, -0.2) is 0 Å². The summed E-state index contributed by atoms with van der Waals surface area (Å²) in [6, 6.07) is 16.7. The highest BCUT2D eigenvalue weighted by Crippen LogP contribution is 2.37. The Morgan fingerprint density at radius 1 is 1.08 bits per heavy atom. The van der Waals surface area contributed by atoms with Gasteiger partial charge in [-0.3, -0.25) is 9.69 Å². The summed E-state index contributed by atoms with van der Waals surface area (Å²) in [5.74, 6) is 0.850. The highest BCUT2D eigenvalue weighted by atomic mass is 32.2. The molecule has 0 unspecified atom stereocenters. The van der Waals surface area contributed by atoms with Gasteiger partial charge in [0, 0.05) is 5.56 Å². The number of carbonyl (C=O) groups is 1. The van der Waals surface area contributed by atoms with Gasteiger partial charge in [-0.15, -0.1) is 5.10 Å². The lowest BCUT2D eigenvalue weighted by atomic mass is 10.1. The molecular weight excluding hydrogens is 478 g/mol. The van der Waals surface area contributed by atoms with E-state index in [0.29, 0.717) is 21.4 Å². The summed E-state index contributed by atoms with van der Waals surface area (Å²) >= 11 is 1.24. The molecule has 8 nitrogen and oxygen atoms in total. The van der Waals surface area contributed by atoms with E-state index in [4.69, 9.17) is 13.9 Å². The Morgan fingerprint density at radius 3 is 2.44 bits per heavy atom. The van der Waals surface area contributed by atoms with E-state index in [1.54, 1.807) is 30.5 Å². The van der Waals surface area contributed by atoms with Crippen molar-refractivity contribution < 1.29 is 23.8 Å². The number of benzene rings is 2. The number of ether oxygens (including phenoxy) is 2. The molecule has 1 N–H and O–H groups in total. The molecule has 2 heterocycles. The third-order valence-corrected chi connectivity index (χ3v) is 6.18. The van der Waals surface area contributed by atoms with E-state index in [2.05, 4.69) is 10.2 Å². The van der Waals surface area contributed by atoms with Gasteiger partial charge in [-0.2, -0.15) is 5.10 Å². The third-order valence-electron chi connectivity index (χ3n) is 5.19. The van der Waals surface area contributed by atoms with Crippen LogP contribution in [0.4, 0.5) is 0 Å². The molecule has 1 saturated heterocycles. The number of amidine groups is 1. The largest absolute Gasteiger partial charge is 0.502 e. The molecule has 1 aromatic heterocycles. The van der Waals surface area contributed by atoms with Gasteiger partial charge in [0.15, 0.2) is 16.7 Å². The van der Waals surface area contributed by atoms with Crippen LogP contribution < -0.4 is 9.47 Å². The number of thioether (sulfide) groups is 1. The number of rotatable bonds is 8. The van der Waals surface area contributed by atoms with Crippen molar-refractivity contribution in [2.45, 2.75) is 13.5 Å². The fourth-order valence-electron chi connectivity index (χ4n) is 3.47. The molecule has 0 atom stereocenters. The summed E-state index contributed by atoms with van der Waals surface area (Å²) < 4.78 is 15.8. The van der Waals surface area contributed by atoms with E-state index in [1.807, 2.05) is 49.4 Å². The molecule has 1 aliphatic rings. The minimum Gasteiger partial charge on any atom is -0.502 e. The summed E-state index contributed by atoms with van der Waals surface area (Å²) in [6.07, 6.45) is 6.91. The van der Waals surface area contributed by atoms with Crippen molar-refractivity contribution in [2.24, 2.45) is 10.2 Å². The monoisotopic (exact) mass is 503 g/mol. The number of hydrogen-bond donors (Lipinski definition) is 1. The molecule has 1 fully saturated rings. The first-order chi connectivity index (χ1) is 17.5. The fourth-order valence-corrected chi connectivity index (χ4v) is 4.46. The Morgan fingerprint density at radius 2 is 1.81 bits per heavy atom. The lowest BCUT2D eigenvalue weighted by Crippen LogP contribution is -2.28. The number of methoxy groups -OCH3 is 2. The molecule has 3 aromatic rings. The summed E-state index contributed by atoms with van der Waals surface area (Å²) in [4.78, 5) is 15.3. The molecule has 0 saturated carbocycles. The summed E-state index contributed by atoms with van der Waals surface area (Å²) in [7, 11) is 2.90. The number of phenols is 1. The average Bonchev–Trinajstić information content (AvgIpc) is 3.49. The quantitative estimate of drug-likeness (QED) is 0.249. The van der Waals surface area contributed by atoms with E-state index < -0.39 is 0 Å². The lowest BCUT2D eigenvalue weighted by Gasteiger charge is -2.12. The smallest absolute Gasteiger partial charge is 0.267 e. The SMILES string of the molecule is COc1cc(/C=N/N=C2\S/C(=C\C(C)=C\c3ccccc3)C(=O)N2Cc2ccco2)cc(OC)c1O. The molecule has 0 aliphatic carbocycles. The highest BCUT2D eigenvalue weighted by molar-refractivity contribution is 8.18. The Labute approximate surface area is 213 Å². The molecule has 4 rings (SSSR count). The zero-order chi connectivity index (χ0) is 25.5. The minimum atomic E-state index is -0.181. The van der Waals surface area contributed by atoms with E-state index in [0.717, 1.165) is 11.1 Å². The standard InChI is InChI=1S/C27H25N3O5S/c1-18(12-19-8-5-4-6-9-19)13-24-26(32)30(17-21-10-7-11-35-21)27(36-24)29-28-16-20-14-22(33-2)25(31)23(15-20)34-3/h4-16,31H,17H2,1-3H3/b18-12+,24-13-,28-16+,29-27-. The Kier molecular flexibility index (Phi) is 7.92. The van der Waals surface area contributed by atoms with Crippen LogP contribution in [0.3, 0.4) is 0 Å². The number of nitrogens with zero attached hydrogens (tertiary/aromatic N) is 3. The van der Waals surface area contributed by atoms with Crippen LogP contribution in [-0.4, -0.2) is 41.5 Å². The van der Waals surface area contributed by atoms with Crippen molar-refractivity contribution in [3.05, 3.63) is 94.3 Å². The molecule has 0 radical (unpaired) electrons. The van der Waals surface area contributed by atoms with Gasteiger partial charge >= 0.3 is 0 Å². The molecular formula is C27H25N3O5S. The van der Waals surface area contributed by atoms with E-state index in [-0.39, 0.29) is 29.7 Å². The summed E-state index contributed by atoms with van der Waals surface area (Å²) in [6.45, 7) is 2.18. The Bertz CT molecular complexity index is 1320. The van der Waals surface area contributed by atoms with Crippen LogP contribution in [0, 0.1) is 0 Å². The Hall–Kier alpha value is -4.24. The van der Waals surface area contributed by atoms with Crippen molar-refractivity contribution in [1.29, 1.82) is 0 Å². The number of aromatic hydroxyl groups is 1. The van der Waals surface area contributed by atoms with Crippen molar-refractivity contribution in [2.75, 3.05) is 14.2 Å². The number of carbonyl (C=O) groups excluding carboxylic acids is 1. The first kappa shape index (κ1) is 24.9. The normalized spacial score (nSPS) is 16.5. The number of allylic oxidation sites excluding steroid dienone is 2. The molecule has 184 valence electrons. The Balaban J connectivity index is 1.62. The molecule has 0 bridgehead atoms. The zero-order valence-electron chi connectivity index (χ0n) is 20.0. The van der Waals surface area contributed by atoms with Crippen molar-refractivity contribution >= 4 is 35.1 Å². The van der Waals surface area contributed by atoms with Crippen LogP contribution in [0.1, 0.15) is 23.8 Å². The first-order valence-corrected chi connectivity index (χ1v) is 11.8. The van der Waals surface area contributed by atoms with Gasteiger partial charge in [0.1, 0.15) is 5.76 Å². The maximum Gasteiger partial charge on any atom is 0.267 e. The number of phenolic OH excluding ortho intramolecular Hbond substituents is 1. The van der Waals surface area contributed by atoms with Gasteiger partial charge in [0.05, 0.1) is 38.1 Å². The van der Waals surface area contributed by atoms with E-state index in [1.165, 1.54) is 37.1 Å². The minimum absolute atomic E-state index is 0.0984. The van der Waals surface area contributed by atoms with Gasteiger partial charge in [0.25, 0.3) is 5.91 Å². The van der Waals surface area contributed by atoms with Crippen molar-refractivity contribution in [3.63, 3.8) is 0 Å². The van der Waals surface area contributed by atoms with Gasteiger partial charge in [0.2, 0.25) is 5.75 Å². The van der Waals surface area contributed by atoms with Crippen molar-refractivity contribution in [3.8, 4) is 17.2 Å². The topological polar surface area (TPSA) is 96.9 Å². The molecule has 36 heavy (non-hydrogen) atoms. The number of amides is 1. The number of furan rings is 1. The fraction of sp³-hybridized carbons (Fsp3) is 0.148. The lowest BCUT2D eigenvalue weighted by molar-refractivity contribution is -0.122. The second kappa shape index (κ2) is 11.5. The van der Waals surface area contributed by atoms with Gasteiger partial charge in [-0.1, -0.05) is 36.4 Å². The van der Waals surface area contributed by atoms with Crippen LogP contribution in [0.5, 0.6) is 17.2 Å². The molecule has 9 heteroatoms. The van der Waals surface area contributed by atoms with Crippen LogP contribution in [0.15, 0.2) is 92.0 Å². The second-order valence-corrected chi connectivity index (χ2v) is 8.79. The van der Waals surface area contributed by atoms with Crippen molar-refractivity contribution in [1.82, 2.24) is 4.90 Å². The van der Waals surface area contributed by atoms with Crippen LogP contribution in [-0.2, 0) is 11.3 Å². The first-order valence-electron chi connectivity index (χ1n) is 11.0. The zero-order valence-corrected chi connectivity index (χ0v) is 20.9. The molecule has 2 aromatic carbocycles. The molecule has 0 spiro atoms. The molecule has 1 amide bonds. The van der Waals surface area contributed by atoms with E-state index >= 15 is 0 Å². The average molecular weight is 504 g/mol. The number of hydrogen-bond acceptors (Lipinski definition) is 8. The second-order valence-electron chi connectivity index (χ2n) is 7.78. The molecule has 1 aliphatic heterocycles. The predicted molar refractivity (Wildman–Crippen MR) is 141 cm³/mol. The van der Waals surface area contributed by atoms with E-state index in [9.17, 15) is 9.90 Å².